The molecule has 0 bridgehead atoms. The Morgan fingerprint density at radius 1 is 0.727 bits per heavy atom. The molecule has 0 amide bonds. The third-order valence-corrected chi connectivity index (χ3v) is 10.0. The fourth-order valence-electron chi connectivity index (χ4n) is 6.89. The number of allylic oxidation sites excluding steroid dienone is 4. The van der Waals surface area contributed by atoms with Gasteiger partial charge in [-0.25, -0.2) is 11.6 Å². The van der Waals surface area contributed by atoms with Crippen LogP contribution in [-0.4, -0.2) is 3.71 Å². The summed E-state index contributed by atoms with van der Waals surface area (Å²) in [5.41, 5.74) is 21.4. The van der Waals surface area contributed by atoms with Crippen LogP contribution in [0.3, 0.4) is 0 Å². The predicted octanol–water partition coefficient (Wildman–Crippen LogP) is 4.48. The molecule has 0 N–H and O–H groups in total. The summed E-state index contributed by atoms with van der Waals surface area (Å²) < 4.78 is 2.19. The van der Waals surface area contributed by atoms with E-state index in [1.54, 1.807) is 0 Å². The zero-order chi connectivity index (χ0) is 30.6. The van der Waals surface area contributed by atoms with E-state index in [-0.39, 0.29) is 35.6 Å². The first-order chi connectivity index (χ1) is 19.7. The summed E-state index contributed by atoms with van der Waals surface area (Å²) >= 11 is 1.47. The minimum atomic E-state index is 0. The van der Waals surface area contributed by atoms with Crippen molar-refractivity contribution in [3.05, 3.63) is 134 Å². The van der Waals surface area contributed by atoms with Crippen molar-refractivity contribution in [2.75, 3.05) is 0 Å². The summed E-state index contributed by atoms with van der Waals surface area (Å²) in [5.74, 6) is 0. The first kappa shape index (κ1) is 36.3. The Kier molecular flexibility index (Phi) is 11.3. The molecule has 3 aliphatic carbocycles. The van der Waals surface area contributed by atoms with Crippen LogP contribution in [0.15, 0.2) is 66.7 Å². The van der Waals surface area contributed by atoms with Crippen LogP contribution < -0.4 is 24.8 Å². The number of rotatable bonds is 1. The van der Waals surface area contributed by atoms with E-state index < -0.39 is 0 Å². The first-order valence-corrected chi connectivity index (χ1v) is 16.6. The molecule has 7 rings (SSSR count). The summed E-state index contributed by atoms with van der Waals surface area (Å²) in [5, 5.41) is 0. The van der Waals surface area contributed by atoms with Crippen molar-refractivity contribution in [1.82, 2.24) is 0 Å². The molecule has 0 aliphatic heterocycles. The maximum atomic E-state index is 3.65. The fraction of sp³-hybridized carbons (Fsp3) is 0.317. The summed E-state index contributed by atoms with van der Waals surface area (Å²) in [6.45, 7) is 22.2. The largest absolute Gasteiger partial charge is 1.00 e. The van der Waals surface area contributed by atoms with Gasteiger partial charge in [0.25, 0.3) is 0 Å². The summed E-state index contributed by atoms with van der Waals surface area (Å²) in [4.78, 5) is 0. The van der Waals surface area contributed by atoms with Crippen LogP contribution in [-0.2, 0) is 41.5 Å². The monoisotopic (exact) mass is 696 g/mol. The number of benzene rings is 3. The van der Waals surface area contributed by atoms with Crippen molar-refractivity contribution in [3.8, 4) is 11.1 Å². The van der Waals surface area contributed by atoms with Gasteiger partial charge in [0.15, 0.2) is 0 Å². The molecular formula is C41H44Cl2Zr-2. The van der Waals surface area contributed by atoms with Crippen LogP contribution in [0.5, 0.6) is 0 Å². The van der Waals surface area contributed by atoms with Gasteiger partial charge in [-0.15, -0.1) is 11.6 Å². The van der Waals surface area contributed by atoms with E-state index in [1.165, 1.54) is 108 Å². The van der Waals surface area contributed by atoms with Crippen molar-refractivity contribution in [1.29, 1.82) is 0 Å². The van der Waals surface area contributed by atoms with Crippen LogP contribution >= 0.6 is 0 Å². The maximum Gasteiger partial charge on any atom is -1.00 e. The van der Waals surface area contributed by atoms with Gasteiger partial charge in [0, 0.05) is 5.41 Å². The van der Waals surface area contributed by atoms with E-state index in [4.69, 9.17) is 0 Å². The van der Waals surface area contributed by atoms with Crippen molar-refractivity contribution < 1.29 is 49.0 Å². The van der Waals surface area contributed by atoms with Gasteiger partial charge in [0.05, 0.1) is 0 Å². The van der Waals surface area contributed by atoms with Gasteiger partial charge in [-0.3, -0.25) is 6.08 Å². The molecule has 0 heterocycles. The molecule has 44 heavy (non-hydrogen) atoms. The third kappa shape index (κ3) is 7.12. The standard InChI is InChI=1S/C25H25.C8H11.C8H8.2ClH.Zr/c1-14-12-24(3,4)22-8-16-7-17-9-23-19(15(2)13-25(23,5)6)11-21(17)20(16)10-18(14)22;1-6-4-7(2)8(3)5-6;1-7-3-5-8(2)6-4-7;;;/h8-12H,7H2,1-6H3;4-5H,1-3H3;1,3-6H,2H3;2*1H;/q2*-1;;;;+2/p-2. The van der Waals surface area contributed by atoms with Crippen LogP contribution in [0.1, 0.15) is 103 Å². The smallest absolute Gasteiger partial charge is 1.00 e. The molecular weight excluding hydrogens is 655 g/mol. The molecule has 0 saturated carbocycles. The van der Waals surface area contributed by atoms with Crippen molar-refractivity contribution in [2.24, 2.45) is 0 Å². The topological polar surface area (TPSA) is 0 Å². The van der Waals surface area contributed by atoms with Gasteiger partial charge in [-0.1, -0.05) is 79.0 Å². The van der Waals surface area contributed by atoms with Crippen molar-refractivity contribution >= 4 is 14.9 Å². The van der Waals surface area contributed by atoms with E-state index >= 15 is 0 Å². The van der Waals surface area contributed by atoms with E-state index in [1.807, 2.05) is 0 Å². The van der Waals surface area contributed by atoms with E-state index in [9.17, 15) is 0 Å². The average Bonchev–Trinajstić information content (AvgIpc) is 3.57. The fourth-order valence-corrected chi connectivity index (χ4v) is 7.36. The molecule has 4 aromatic rings. The summed E-state index contributed by atoms with van der Waals surface area (Å²) in [7, 11) is 0. The molecule has 0 atom stereocenters. The second-order valence-electron chi connectivity index (χ2n) is 13.7. The molecule has 0 radical (unpaired) electrons. The molecule has 0 nitrogen and oxygen atoms in total. The predicted molar refractivity (Wildman–Crippen MR) is 179 cm³/mol. The first-order valence-electron chi connectivity index (χ1n) is 15.1. The second-order valence-corrected chi connectivity index (χ2v) is 14.4. The molecule has 3 heteroatoms. The quantitative estimate of drug-likeness (QED) is 0.227. The number of hydrogen-bond acceptors (Lipinski definition) is 0. The van der Waals surface area contributed by atoms with Gasteiger partial charge in [0.2, 0.25) is 0 Å². The van der Waals surface area contributed by atoms with Crippen LogP contribution in [0.2, 0.25) is 0 Å². The van der Waals surface area contributed by atoms with Gasteiger partial charge < -0.3 is 24.8 Å². The number of halogens is 2. The van der Waals surface area contributed by atoms with Gasteiger partial charge in [-0.05, 0) is 58.4 Å². The molecule has 0 unspecified atom stereocenters. The molecule has 0 aromatic heterocycles. The van der Waals surface area contributed by atoms with Crippen LogP contribution in [0, 0.1) is 33.8 Å². The Labute approximate surface area is 293 Å². The minimum absolute atomic E-state index is 0. The molecule has 0 spiro atoms. The minimum Gasteiger partial charge on any atom is -1.00 e. The van der Waals surface area contributed by atoms with E-state index in [2.05, 4.69) is 146 Å². The Balaban J connectivity index is 0.000000231. The van der Waals surface area contributed by atoms with Gasteiger partial charge in [0.1, 0.15) is 0 Å². The summed E-state index contributed by atoms with van der Waals surface area (Å²) in [6, 6.07) is 22.8. The molecule has 4 aromatic carbocycles. The Hall–Kier alpha value is -2.18. The third-order valence-electron chi connectivity index (χ3n) is 9.19. The normalized spacial score (nSPS) is 15.4. The second kappa shape index (κ2) is 13.7. The SMILES string of the molecule is CC1=[C-]C(C)(C)c2cc3c(cc21)-c1cc2c(cc1C3)C(C)(C)C=C2C.Cc1cc(C)c(C)[cH-]1.Cc1ccc([CH]=[Zr+2])cc1.[Cl-].[Cl-]. The van der Waals surface area contributed by atoms with Crippen LogP contribution in [0.4, 0.5) is 0 Å². The molecule has 0 saturated heterocycles. The Morgan fingerprint density at radius 3 is 1.80 bits per heavy atom. The van der Waals surface area contributed by atoms with Crippen molar-refractivity contribution in [3.63, 3.8) is 0 Å². The average molecular weight is 699 g/mol. The van der Waals surface area contributed by atoms with E-state index in [0.717, 1.165) is 6.42 Å². The van der Waals surface area contributed by atoms with E-state index in [0.29, 0.717) is 0 Å². The van der Waals surface area contributed by atoms with Crippen molar-refractivity contribution in [2.45, 2.75) is 86.5 Å². The summed E-state index contributed by atoms with van der Waals surface area (Å²) in [6.07, 6.45) is 7.13. The van der Waals surface area contributed by atoms with Gasteiger partial charge in [-0.2, -0.15) is 28.3 Å². The number of hydrogen-bond donors (Lipinski definition) is 0. The zero-order valence-corrected chi connectivity index (χ0v) is 31.9. The number of fused-ring (bicyclic) bond motifs is 5. The Morgan fingerprint density at radius 2 is 1.30 bits per heavy atom. The molecule has 0 fully saturated rings. The Bertz CT molecular complexity index is 1650. The zero-order valence-electron chi connectivity index (χ0n) is 27.9. The van der Waals surface area contributed by atoms with Crippen LogP contribution in [0.25, 0.3) is 22.3 Å². The molecule has 3 aliphatic rings. The van der Waals surface area contributed by atoms with Gasteiger partial charge >= 0.3 is 70.3 Å². The molecule has 228 valence electrons. The maximum absolute atomic E-state index is 3.65. The number of aryl methyl sites for hydroxylation is 4.